The molecule has 3 atom stereocenters. The molecule has 110 valence electrons. The quantitative estimate of drug-likeness (QED) is 0.585. The Morgan fingerprint density at radius 2 is 1.95 bits per heavy atom. The fourth-order valence-corrected chi connectivity index (χ4v) is 5.11. The number of ether oxygens (including phenoxy) is 1. The molecule has 2 rings (SSSR count). The molecule has 0 heterocycles. The molecule has 2 saturated carbocycles. The van der Waals surface area contributed by atoms with Crippen LogP contribution in [-0.4, -0.2) is 27.0 Å². The van der Waals surface area contributed by atoms with E-state index in [4.69, 9.17) is 9.16 Å². The van der Waals surface area contributed by atoms with Crippen LogP contribution < -0.4 is 0 Å². The van der Waals surface area contributed by atoms with E-state index in [1.54, 1.807) is 0 Å². The van der Waals surface area contributed by atoms with Gasteiger partial charge in [0.15, 0.2) is 8.32 Å². The summed E-state index contributed by atoms with van der Waals surface area (Å²) < 4.78 is 11.7. The van der Waals surface area contributed by atoms with Crippen LogP contribution in [0.15, 0.2) is 0 Å². The summed E-state index contributed by atoms with van der Waals surface area (Å²) in [5.74, 6) is 0.474. The first-order valence-corrected chi connectivity index (χ1v) is 10.3. The van der Waals surface area contributed by atoms with Crippen LogP contribution in [-0.2, 0) is 14.0 Å². The van der Waals surface area contributed by atoms with Gasteiger partial charge in [-0.25, -0.2) is 0 Å². The van der Waals surface area contributed by atoms with Gasteiger partial charge in [0, 0.05) is 0 Å². The Morgan fingerprint density at radius 3 is 2.42 bits per heavy atom. The normalized spacial score (nSPS) is 34.6. The minimum Gasteiger partial charge on any atom is -0.469 e. The summed E-state index contributed by atoms with van der Waals surface area (Å²) in [5, 5.41) is 0.186. The summed E-state index contributed by atoms with van der Waals surface area (Å²) in [7, 11) is -0.350. The predicted octanol–water partition coefficient (Wildman–Crippen LogP) is 3.74. The third kappa shape index (κ3) is 2.27. The van der Waals surface area contributed by atoms with Gasteiger partial charge in [0.2, 0.25) is 0 Å². The minimum atomic E-state index is -1.84. The zero-order chi connectivity index (χ0) is 14.5. The van der Waals surface area contributed by atoms with E-state index in [0.29, 0.717) is 5.92 Å². The van der Waals surface area contributed by atoms with Crippen molar-refractivity contribution in [2.24, 2.45) is 11.8 Å². The van der Waals surface area contributed by atoms with Crippen molar-refractivity contribution in [1.82, 2.24) is 0 Å². The number of fused-ring (bicyclic) bond motifs is 1. The Bertz CT molecular complexity index is 372. The fourth-order valence-electron chi connectivity index (χ4n) is 3.44. The molecular weight excluding hydrogens is 256 g/mol. The number of carbonyl (C=O) groups excluding carboxylic acids is 1. The molecule has 0 aromatic rings. The van der Waals surface area contributed by atoms with Crippen molar-refractivity contribution in [3.05, 3.63) is 0 Å². The SMILES string of the molecule is COC(=O)[C@@H]1C[C@@H]2CCC[C@]21O[Si](C)(C)C(C)(C)C. The van der Waals surface area contributed by atoms with Gasteiger partial charge in [0.05, 0.1) is 18.6 Å². The Hall–Kier alpha value is -0.353. The standard InChI is InChI=1S/C15H28O3Si/c1-14(2,3)19(5,6)18-15-9-7-8-11(15)10-12(15)13(16)17-4/h11-12H,7-10H2,1-6H3/t11-,12-,15-/m0/s1. The molecule has 4 heteroatoms. The van der Waals surface area contributed by atoms with Crippen molar-refractivity contribution >= 4 is 14.3 Å². The van der Waals surface area contributed by atoms with Gasteiger partial charge in [-0.1, -0.05) is 27.2 Å². The highest BCUT2D eigenvalue weighted by molar-refractivity contribution is 6.74. The van der Waals surface area contributed by atoms with Crippen LogP contribution in [0.1, 0.15) is 46.5 Å². The minimum absolute atomic E-state index is 0.0286. The number of hydrogen-bond donors (Lipinski definition) is 0. The average Bonchev–Trinajstić information content (AvgIpc) is 2.56. The smallest absolute Gasteiger partial charge is 0.311 e. The zero-order valence-electron chi connectivity index (χ0n) is 13.2. The third-order valence-electron chi connectivity index (χ3n) is 5.66. The Kier molecular flexibility index (Phi) is 3.63. The lowest BCUT2D eigenvalue weighted by Gasteiger charge is -2.56. The van der Waals surface area contributed by atoms with Gasteiger partial charge in [-0.2, -0.15) is 0 Å². The molecule has 19 heavy (non-hydrogen) atoms. The number of carbonyl (C=O) groups is 1. The highest BCUT2D eigenvalue weighted by atomic mass is 28.4. The number of esters is 1. The molecule has 0 aromatic carbocycles. The summed E-state index contributed by atoms with van der Waals surface area (Å²) in [4.78, 5) is 12.0. The van der Waals surface area contributed by atoms with Crippen LogP contribution >= 0.6 is 0 Å². The number of hydrogen-bond acceptors (Lipinski definition) is 3. The van der Waals surface area contributed by atoms with Crippen LogP contribution in [0.2, 0.25) is 18.1 Å². The molecule has 0 bridgehead atoms. The lowest BCUT2D eigenvalue weighted by Crippen LogP contribution is -2.63. The van der Waals surface area contributed by atoms with Crippen LogP contribution in [0.5, 0.6) is 0 Å². The second kappa shape index (κ2) is 4.59. The van der Waals surface area contributed by atoms with Gasteiger partial charge in [0.1, 0.15) is 0 Å². The lowest BCUT2D eigenvalue weighted by molar-refractivity contribution is -0.177. The second-order valence-corrected chi connectivity index (χ2v) is 12.4. The molecule has 2 fully saturated rings. The van der Waals surface area contributed by atoms with Crippen molar-refractivity contribution in [3.8, 4) is 0 Å². The van der Waals surface area contributed by atoms with E-state index in [0.717, 1.165) is 12.8 Å². The van der Waals surface area contributed by atoms with E-state index in [-0.39, 0.29) is 22.5 Å². The molecule has 0 unspecified atom stereocenters. The fraction of sp³-hybridized carbons (Fsp3) is 0.933. The van der Waals surface area contributed by atoms with Gasteiger partial charge >= 0.3 is 5.97 Å². The monoisotopic (exact) mass is 284 g/mol. The summed E-state index contributed by atoms with van der Waals surface area (Å²) >= 11 is 0. The molecule has 0 amide bonds. The number of rotatable bonds is 3. The maximum absolute atomic E-state index is 12.0. The third-order valence-corrected chi connectivity index (χ3v) is 10.2. The van der Waals surface area contributed by atoms with Crippen molar-refractivity contribution < 1.29 is 14.0 Å². The van der Waals surface area contributed by atoms with Crippen LogP contribution in [0, 0.1) is 11.8 Å². The summed E-state index contributed by atoms with van der Waals surface area (Å²) in [6.45, 7) is 11.3. The Balaban J connectivity index is 2.22. The van der Waals surface area contributed by atoms with Crippen LogP contribution in [0.4, 0.5) is 0 Å². The number of methoxy groups -OCH3 is 1. The Morgan fingerprint density at radius 1 is 1.32 bits per heavy atom. The van der Waals surface area contributed by atoms with Crippen molar-refractivity contribution in [2.45, 2.75) is 70.2 Å². The summed E-state index contributed by atoms with van der Waals surface area (Å²) in [6.07, 6.45) is 4.39. The predicted molar refractivity (Wildman–Crippen MR) is 78.5 cm³/mol. The van der Waals surface area contributed by atoms with Crippen molar-refractivity contribution in [3.63, 3.8) is 0 Å². The molecule has 0 radical (unpaired) electrons. The summed E-state index contributed by atoms with van der Waals surface area (Å²) in [5.41, 5.74) is -0.198. The average molecular weight is 284 g/mol. The molecule has 0 saturated heterocycles. The van der Waals surface area contributed by atoms with Crippen LogP contribution in [0.25, 0.3) is 0 Å². The molecule has 0 aliphatic heterocycles. The maximum atomic E-state index is 12.0. The highest BCUT2D eigenvalue weighted by Crippen LogP contribution is 2.59. The van der Waals surface area contributed by atoms with Gasteiger partial charge in [-0.3, -0.25) is 4.79 Å². The highest BCUT2D eigenvalue weighted by Gasteiger charge is 2.64. The molecule has 2 aliphatic rings. The first-order chi connectivity index (χ1) is 8.64. The van der Waals surface area contributed by atoms with E-state index < -0.39 is 8.32 Å². The maximum Gasteiger partial charge on any atom is 0.311 e. The Labute approximate surface area is 118 Å². The van der Waals surface area contributed by atoms with Crippen molar-refractivity contribution in [1.29, 1.82) is 0 Å². The largest absolute Gasteiger partial charge is 0.469 e. The zero-order valence-corrected chi connectivity index (χ0v) is 14.2. The molecule has 0 aromatic heterocycles. The van der Waals surface area contributed by atoms with Gasteiger partial charge < -0.3 is 9.16 Å². The van der Waals surface area contributed by atoms with Gasteiger partial charge in [-0.15, -0.1) is 0 Å². The summed E-state index contributed by atoms with van der Waals surface area (Å²) in [6, 6.07) is 0. The molecule has 3 nitrogen and oxygen atoms in total. The van der Waals surface area contributed by atoms with E-state index in [1.807, 2.05) is 0 Å². The van der Waals surface area contributed by atoms with Gasteiger partial charge in [-0.05, 0) is 43.3 Å². The lowest BCUT2D eigenvalue weighted by atomic mass is 9.63. The first-order valence-electron chi connectivity index (χ1n) is 7.42. The van der Waals surface area contributed by atoms with Gasteiger partial charge in [0.25, 0.3) is 0 Å². The molecular formula is C15H28O3Si. The molecule has 2 aliphatic carbocycles. The van der Waals surface area contributed by atoms with Crippen molar-refractivity contribution in [2.75, 3.05) is 7.11 Å². The first kappa shape index (κ1) is 15.0. The van der Waals surface area contributed by atoms with Crippen LogP contribution in [0.3, 0.4) is 0 Å². The van der Waals surface area contributed by atoms with E-state index >= 15 is 0 Å². The second-order valence-electron chi connectivity index (χ2n) is 7.72. The van der Waals surface area contributed by atoms with E-state index in [1.165, 1.54) is 20.0 Å². The van der Waals surface area contributed by atoms with E-state index in [2.05, 4.69) is 33.9 Å². The topological polar surface area (TPSA) is 35.5 Å². The molecule has 0 spiro atoms. The van der Waals surface area contributed by atoms with E-state index in [9.17, 15) is 4.79 Å². The molecule has 0 N–H and O–H groups in total.